The van der Waals surface area contributed by atoms with Crippen molar-refractivity contribution in [3.05, 3.63) is 36.4 Å². The highest BCUT2D eigenvalue weighted by Crippen LogP contribution is 2.29. The van der Waals surface area contributed by atoms with Crippen LogP contribution in [0.3, 0.4) is 0 Å². The molecule has 1 N–H and O–H groups in total. The van der Waals surface area contributed by atoms with E-state index in [0.717, 1.165) is 0 Å². The maximum atomic E-state index is 15.0. The number of hydrogen-bond acceptors (Lipinski definition) is 8. The Bertz CT molecular complexity index is 1160. The van der Waals surface area contributed by atoms with Crippen molar-refractivity contribution in [3.63, 3.8) is 0 Å². The average molecular weight is 515 g/mol. The number of halogens is 1. The van der Waals surface area contributed by atoms with Gasteiger partial charge in [0.25, 0.3) is 0 Å². The lowest BCUT2D eigenvalue weighted by Crippen LogP contribution is -2.50. The number of rotatable bonds is 5. The number of ether oxygens (including phenoxy) is 2. The van der Waals surface area contributed by atoms with Gasteiger partial charge in [-0.05, 0) is 39.0 Å². The Kier molecular flexibility index (Phi) is 7.46. The summed E-state index contributed by atoms with van der Waals surface area (Å²) in [5, 5.41) is 2.61. The Morgan fingerprint density at radius 3 is 2.43 bits per heavy atom. The molecule has 0 spiro atoms. The van der Waals surface area contributed by atoms with Gasteiger partial charge in [0.2, 0.25) is 11.9 Å². The molecule has 0 saturated carbocycles. The van der Waals surface area contributed by atoms with Gasteiger partial charge in [-0.25, -0.2) is 23.9 Å². The van der Waals surface area contributed by atoms with Gasteiger partial charge in [-0.3, -0.25) is 9.69 Å². The molecule has 198 valence electrons. The van der Waals surface area contributed by atoms with Crippen molar-refractivity contribution in [1.29, 1.82) is 0 Å². The van der Waals surface area contributed by atoms with Crippen molar-refractivity contribution < 1.29 is 28.2 Å². The first-order valence-corrected chi connectivity index (χ1v) is 12.1. The summed E-state index contributed by atoms with van der Waals surface area (Å²) in [6.07, 6.45) is 1.66. The van der Waals surface area contributed by atoms with E-state index < -0.39 is 23.6 Å². The van der Waals surface area contributed by atoms with Gasteiger partial charge in [0.05, 0.1) is 18.8 Å². The molecular weight excluding hydrogens is 483 g/mol. The van der Waals surface area contributed by atoms with Gasteiger partial charge in [0.15, 0.2) is 0 Å². The first-order chi connectivity index (χ1) is 17.5. The molecule has 4 rings (SSSR count). The minimum absolute atomic E-state index is 0.192. The minimum Gasteiger partial charge on any atom is -0.444 e. The van der Waals surface area contributed by atoms with Gasteiger partial charge < -0.3 is 24.6 Å². The van der Waals surface area contributed by atoms with Crippen molar-refractivity contribution in [2.45, 2.75) is 39.4 Å². The third-order valence-corrected chi connectivity index (χ3v) is 5.88. The van der Waals surface area contributed by atoms with E-state index in [1.807, 2.05) is 25.7 Å². The van der Waals surface area contributed by atoms with Crippen molar-refractivity contribution in [2.24, 2.45) is 0 Å². The minimum atomic E-state index is -0.595. The van der Waals surface area contributed by atoms with Gasteiger partial charge in [-0.1, -0.05) is 0 Å². The number of anilines is 2. The third kappa shape index (κ3) is 6.43. The Balaban J connectivity index is 1.37. The van der Waals surface area contributed by atoms with Crippen LogP contribution in [0.25, 0.3) is 11.1 Å². The Morgan fingerprint density at radius 1 is 1.16 bits per heavy atom. The maximum absolute atomic E-state index is 15.0. The summed E-state index contributed by atoms with van der Waals surface area (Å²) >= 11 is 0. The predicted octanol–water partition coefficient (Wildman–Crippen LogP) is 2.80. The zero-order valence-electron chi connectivity index (χ0n) is 21.4. The average Bonchev–Trinajstić information content (AvgIpc) is 3.22. The van der Waals surface area contributed by atoms with Gasteiger partial charge in [-0.15, -0.1) is 0 Å². The lowest BCUT2D eigenvalue weighted by Gasteiger charge is -2.35. The zero-order chi connectivity index (χ0) is 26.7. The zero-order valence-corrected chi connectivity index (χ0v) is 21.4. The van der Waals surface area contributed by atoms with E-state index in [-0.39, 0.29) is 25.1 Å². The third-order valence-electron chi connectivity index (χ3n) is 5.88. The van der Waals surface area contributed by atoms with Crippen LogP contribution >= 0.6 is 0 Å². The van der Waals surface area contributed by atoms with Crippen LogP contribution in [0, 0.1) is 5.82 Å². The Hall–Kier alpha value is -3.96. The number of aromatic nitrogens is 2. The van der Waals surface area contributed by atoms with Crippen molar-refractivity contribution >= 4 is 29.7 Å². The van der Waals surface area contributed by atoms with E-state index in [4.69, 9.17) is 9.47 Å². The smallest absolute Gasteiger partial charge is 0.414 e. The molecule has 3 heterocycles. The summed E-state index contributed by atoms with van der Waals surface area (Å²) in [5.74, 6) is -0.256. The van der Waals surface area contributed by atoms with Crippen LogP contribution in [0.2, 0.25) is 0 Å². The number of piperazine rings is 1. The highest BCUT2D eigenvalue weighted by atomic mass is 19.1. The molecule has 2 aromatic rings. The fourth-order valence-electron chi connectivity index (χ4n) is 4.04. The molecular formula is C25H31FN6O5. The van der Waals surface area contributed by atoms with Crippen molar-refractivity contribution in [2.75, 3.05) is 49.1 Å². The first-order valence-electron chi connectivity index (χ1n) is 12.1. The molecule has 12 heteroatoms. The molecule has 0 bridgehead atoms. The van der Waals surface area contributed by atoms with Gasteiger partial charge in [0, 0.05) is 56.6 Å². The van der Waals surface area contributed by atoms with E-state index in [0.29, 0.717) is 48.9 Å². The topological polar surface area (TPSA) is 117 Å². The van der Waals surface area contributed by atoms with Crippen LogP contribution in [0.5, 0.6) is 0 Å². The molecule has 2 fully saturated rings. The molecule has 1 aromatic carbocycles. The summed E-state index contributed by atoms with van der Waals surface area (Å²) in [7, 11) is 0. The molecule has 0 aliphatic carbocycles. The van der Waals surface area contributed by atoms with E-state index in [1.165, 1.54) is 17.9 Å². The van der Waals surface area contributed by atoms with E-state index >= 15 is 4.39 Å². The van der Waals surface area contributed by atoms with Crippen LogP contribution in [0.15, 0.2) is 30.6 Å². The SMILES string of the molecule is CC(=O)NCC1CN(c2ccc(-c3cnc(N4CCN(C(=O)OC(C)(C)C)CC4)nc3)c(F)c2)C(=O)O1. The Labute approximate surface area is 214 Å². The van der Waals surface area contributed by atoms with Gasteiger partial charge >= 0.3 is 12.2 Å². The van der Waals surface area contributed by atoms with E-state index in [9.17, 15) is 14.4 Å². The molecule has 2 aliphatic heterocycles. The number of nitrogens with one attached hydrogen (secondary N) is 1. The molecule has 3 amide bonds. The number of benzene rings is 1. The van der Waals surface area contributed by atoms with Gasteiger partial charge in [0.1, 0.15) is 17.5 Å². The maximum Gasteiger partial charge on any atom is 0.414 e. The summed E-state index contributed by atoms with van der Waals surface area (Å²) in [5.41, 5.74) is 0.603. The van der Waals surface area contributed by atoms with Crippen LogP contribution in [-0.2, 0) is 14.3 Å². The molecule has 1 unspecified atom stereocenters. The highest BCUT2D eigenvalue weighted by molar-refractivity contribution is 5.90. The number of carbonyl (C=O) groups excluding carboxylic acids is 3. The lowest BCUT2D eigenvalue weighted by molar-refractivity contribution is -0.119. The Morgan fingerprint density at radius 2 is 1.84 bits per heavy atom. The summed E-state index contributed by atoms with van der Waals surface area (Å²) in [6.45, 7) is 9.35. The number of carbonyl (C=O) groups is 3. The van der Waals surface area contributed by atoms with E-state index in [2.05, 4.69) is 15.3 Å². The number of nitrogens with zero attached hydrogens (tertiary/aromatic N) is 5. The van der Waals surface area contributed by atoms with Crippen LogP contribution in [0.4, 0.5) is 25.6 Å². The fourth-order valence-corrected chi connectivity index (χ4v) is 4.04. The molecule has 11 nitrogen and oxygen atoms in total. The molecule has 0 radical (unpaired) electrons. The van der Waals surface area contributed by atoms with Crippen LogP contribution < -0.4 is 15.1 Å². The normalized spacial score (nSPS) is 18.0. The largest absolute Gasteiger partial charge is 0.444 e. The monoisotopic (exact) mass is 514 g/mol. The number of cyclic esters (lactones) is 1. The predicted molar refractivity (Wildman–Crippen MR) is 134 cm³/mol. The number of amides is 3. The molecule has 1 aromatic heterocycles. The molecule has 1 atom stereocenters. The van der Waals surface area contributed by atoms with E-state index in [1.54, 1.807) is 29.4 Å². The summed E-state index contributed by atoms with van der Waals surface area (Å²) in [4.78, 5) is 49.3. The molecule has 2 saturated heterocycles. The van der Waals surface area contributed by atoms with Crippen LogP contribution in [-0.4, -0.2) is 83.9 Å². The second-order valence-corrected chi connectivity index (χ2v) is 9.94. The standard InChI is InChI=1S/C25H31FN6O5/c1-16(33)27-14-19-15-32(24(35)36-19)18-5-6-20(21(26)11-18)17-12-28-22(29-13-17)30-7-9-31(10-8-30)23(34)37-25(2,3)4/h5-6,11-13,19H,7-10,14-15H2,1-4H3,(H,27,33). The molecule has 37 heavy (non-hydrogen) atoms. The van der Waals surface area contributed by atoms with Gasteiger partial charge in [-0.2, -0.15) is 0 Å². The quantitative estimate of drug-likeness (QED) is 0.648. The van der Waals surface area contributed by atoms with Crippen molar-refractivity contribution in [3.8, 4) is 11.1 Å². The summed E-state index contributed by atoms with van der Waals surface area (Å²) in [6, 6.07) is 4.46. The number of hydrogen-bond donors (Lipinski definition) is 1. The van der Waals surface area contributed by atoms with Crippen molar-refractivity contribution in [1.82, 2.24) is 20.2 Å². The summed E-state index contributed by atoms with van der Waals surface area (Å²) < 4.78 is 25.7. The second kappa shape index (κ2) is 10.6. The first kappa shape index (κ1) is 26.1. The highest BCUT2D eigenvalue weighted by Gasteiger charge is 2.33. The second-order valence-electron chi connectivity index (χ2n) is 9.94. The lowest BCUT2D eigenvalue weighted by atomic mass is 10.1. The fraction of sp³-hybridized carbons (Fsp3) is 0.480. The molecule has 2 aliphatic rings. The van der Waals surface area contributed by atoms with Crippen LogP contribution in [0.1, 0.15) is 27.7 Å².